The molecule has 2 heterocycles. The van der Waals surface area contributed by atoms with E-state index in [4.69, 9.17) is 0 Å². The van der Waals surface area contributed by atoms with Crippen LogP contribution in [0.4, 0.5) is 29.6 Å². The number of fused-ring (bicyclic) bond motifs is 1. The third-order valence-electron chi connectivity index (χ3n) is 5.59. The van der Waals surface area contributed by atoms with Gasteiger partial charge in [0.1, 0.15) is 23.2 Å². The van der Waals surface area contributed by atoms with Crippen LogP contribution < -0.4 is 10.9 Å². The maximum absolute atomic E-state index is 13.5. The summed E-state index contributed by atoms with van der Waals surface area (Å²) in [6.45, 7) is 2.35. The number of pyridine rings is 1. The first-order valence-electron chi connectivity index (χ1n) is 9.70. The van der Waals surface area contributed by atoms with Gasteiger partial charge in [-0.2, -0.15) is 0 Å². The number of rotatable bonds is 6. The second kappa shape index (κ2) is 6.40. The minimum absolute atomic E-state index is 0.0316. The van der Waals surface area contributed by atoms with Gasteiger partial charge in [0, 0.05) is 12.3 Å². The first-order valence-corrected chi connectivity index (χ1v) is 11.7. The molecule has 1 unspecified atom stereocenters. The topological polar surface area (TPSA) is 59.8 Å². The lowest BCUT2D eigenvalue weighted by Gasteiger charge is -2.40. The average Bonchev–Trinajstić information content (AvgIpc) is 3.47. The van der Waals surface area contributed by atoms with Crippen molar-refractivity contribution in [2.45, 2.75) is 43.2 Å². The Hall–Kier alpha value is -2.76. The van der Waals surface area contributed by atoms with E-state index in [0.717, 1.165) is 6.07 Å². The SMILES string of the molecule is Cc1nc(NC(C)c2cccc(S(F)(F)(F)(F)F)c2)c2cn(C3(CF)CC3)c(=O)cc2n1. The lowest BCUT2D eigenvalue weighted by Crippen LogP contribution is -2.31. The molecule has 1 fully saturated rings. The number of hydrogen-bond acceptors (Lipinski definition) is 4. The van der Waals surface area contributed by atoms with Crippen molar-refractivity contribution in [1.82, 2.24) is 14.5 Å². The summed E-state index contributed by atoms with van der Waals surface area (Å²) in [5.41, 5.74) is -1.08. The number of hydrogen-bond donors (Lipinski definition) is 1. The Morgan fingerprint density at radius 2 is 1.84 bits per heavy atom. The summed E-state index contributed by atoms with van der Waals surface area (Å²) in [5.74, 6) is 0.484. The number of alkyl halides is 1. The Kier molecular flexibility index (Phi) is 4.48. The minimum Gasteiger partial charge on any atom is -0.363 e. The first kappa shape index (κ1) is 22.4. The van der Waals surface area contributed by atoms with Crippen LogP contribution in [0.3, 0.4) is 0 Å². The molecule has 0 spiro atoms. The Bertz CT molecular complexity index is 1290. The molecule has 1 aliphatic rings. The van der Waals surface area contributed by atoms with Crippen LogP contribution in [0.1, 0.15) is 37.2 Å². The largest absolute Gasteiger partial charge is 0.363 e. The molecule has 1 aliphatic carbocycles. The third kappa shape index (κ3) is 4.15. The van der Waals surface area contributed by atoms with Gasteiger partial charge in [0.25, 0.3) is 5.56 Å². The highest BCUT2D eigenvalue weighted by Gasteiger charge is 2.65. The summed E-state index contributed by atoms with van der Waals surface area (Å²) in [6.07, 6.45) is 2.44. The fourth-order valence-corrected chi connectivity index (χ4v) is 4.29. The van der Waals surface area contributed by atoms with Crippen LogP contribution in [0, 0.1) is 6.92 Å². The number of anilines is 1. The number of benzene rings is 1. The van der Waals surface area contributed by atoms with Gasteiger partial charge in [0.05, 0.1) is 22.5 Å². The van der Waals surface area contributed by atoms with Gasteiger partial charge in [0.2, 0.25) is 0 Å². The minimum atomic E-state index is -9.83. The molecule has 1 saturated carbocycles. The Morgan fingerprint density at radius 3 is 2.44 bits per heavy atom. The van der Waals surface area contributed by atoms with Crippen LogP contribution in [0.15, 0.2) is 46.2 Å². The van der Waals surface area contributed by atoms with Crippen molar-refractivity contribution in [3.8, 4) is 0 Å². The summed E-state index contributed by atoms with van der Waals surface area (Å²) in [7, 11) is -9.83. The normalized spacial score (nSPS) is 18.6. The second-order valence-electron chi connectivity index (χ2n) is 8.17. The van der Waals surface area contributed by atoms with Crippen LogP contribution >= 0.6 is 10.2 Å². The van der Waals surface area contributed by atoms with Crippen molar-refractivity contribution in [3.05, 3.63) is 58.3 Å². The molecule has 2 aromatic heterocycles. The maximum atomic E-state index is 13.5. The molecule has 0 bridgehead atoms. The summed E-state index contributed by atoms with van der Waals surface area (Å²) < 4.78 is 80.9. The number of aryl methyl sites for hydroxylation is 1. The molecule has 0 saturated heterocycles. The van der Waals surface area contributed by atoms with Crippen molar-refractivity contribution < 1.29 is 23.8 Å². The van der Waals surface area contributed by atoms with E-state index in [9.17, 15) is 28.6 Å². The van der Waals surface area contributed by atoms with Gasteiger partial charge in [-0.15, -0.1) is 0 Å². The van der Waals surface area contributed by atoms with E-state index < -0.39 is 38.9 Å². The van der Waals surface area contributed by atoms with E-state index in [2.05, 4.69) is 15.3 Å². The fraction of sp³-hybridized carbons (Fsp3) is 0.350. The van der Waals surface area contributed by atoms with Gasteiger partial charge in [-0.05, 0) is 44.4 Å². The van der Waals surface area contributed by atoms with E-state index in [1.54, 1.807) is 6.92 Å². The first-order chi connectivity index (χ1) is 14.6. The zero-order chi connectivity index (χ0) is 23.6. The van der Waals surface area contributed by atoms with E-state index in [0.29, 0.717) is 30.4 Å². The van der Waals surface area contributed by atoms with Gasteiger partial charge in [-0.3, -0.25) is 4.79 Å². The molecule has 4 rings (SSSR count). The third-order valence-corrected chi connectivity index (χ3v) is 6.73. The summed E-state index contributed by atoms with van der Waals surface area (Å²) in [4.78, 5) is 19.0. The quantitative estimate of drug-likeness (QED) is 0.417. The smallest absolute Gasteiger partial charge is 0.310 e. The van der Waals surface area contributed by atoms with Gasteiger partial charge < -0.3 is 9.88 Å². The van der Waals surface area contributed by atoms with Crippen molar-refractivity contribution >= 4 is 26.9 Å². The highest BCUT2D eigenvalue weighted by molar-refractivity contribution is 8.45. The van der Waals surface area contributed by atoms with E-state index in [1.807, 2.05) is 0 Å². The standard InChI is InChI=1S/C20H20F6N4OS/c1-12(14-4-3-5-15(8-14)32(22,23,24,25)26)27-19-16-10-30(20(11-21)6-7-20)18(31)9-17(16)28-13(2)29-19/h3-5,8-10,12H,6-7,11H2,1-2H3,(H,27,28,29). The number of nitrogens with one attached hydrogen (secondary N) is 1. The number of halogens is 6. The number of nitrogens with zero attached hydrogens (tertiary/aromatic N) is 3. The van der Waals surface area contributed by atoms with Gasteiger partial charge >= 0.3 is 10.2 Å². The molecule has 0 aliphatic heterocycles. The zero-order valence-electron chi connectivity index (χ0n) is 17.1. The van der Waals surface area contributed by atoms with Crippen LogP contribution in [0.5, 0.6) is 0 Å². The average molecular weight is 478 g/mol. The second-order valence-corrected chi connectivity index (χ2v) is 10.6. The van der Waals surface area contributed by atoms with E-state index >= 15 is 0 Å². The Balaban J connectivity index is 1.77. The summed E-state index contributed by atoms with van der Waals surface area (Å²) >= 11 is 0. The van der Waals surface area contributed by atoms with Crippen molar-refractivity contribution in [2.75, 3.05) is 12.0 Å². The number of aromatic nitrogens is 3. The molecule has 32 heavy (non-hydrogen) atoms. The summed E-state index contributed by atoms with van der Waals surface area (Å²) in [5, 5.41) is 3.29. The van der Waals surface area contributed by atoms with Crippen molar-refractivity contribution in [1.29, 1.82) is 0 Å². The predicted molar refractivity (Wildman–Crippen MR) is 112 cm³/mol. The molecule has 5 nitrogen and oxygen atoms in total. The van der Waals surface area contributed by atoms with Gasteiger partial charge in [-0.1, -0.05) is 31.6 Å². The van der Waals surface area contributed by atoms with Gasteiger partial charge in [0.15, 0.2) is 0 Å². The molecule has 1 atom stereocenters. The van der Waals surface area contributed by atoms with Crippen molar-refractivity contribution in [3.63, 3.8) is 0 Å². The molecular formula is C20H20F6N4OS. The van der Waals surface area contributed by atoms with Crippen molar-refractivity contribution in [2.24, 2.45) is 0 Å². The molecule has 1 aromatic carbocycles. The molecule has 12 heteroatoms. The maximum Gasteiger partial charge on any atom is 0.310 e. The molecule has 0 amide bonds. The van der Waals surface area contributed by atoms with Crippen LogP contribution in [-0.4, -0.2) is 21.2 Å². The molecule has 174 valence electrons. The fourth-order valence-electron chi connectivity index (χ4n) is 3.60. The molecular weight excluding hydrogens is 458 g/mol. The van der Waals surface area contributed by atoms with Crippen LogP contribution in [0.25, 0.3) is 10.9 Å². The molecule has 3 aromatic rings. The predicted octanol–water partition coefficient (Wildman–Crippen LogP) is 6.39. The van der Waals surface area contributed by atoms with E-state index in [1.165, 1.54) is 29.8 Å². The van der Waals surface area contributed by atoms with Crippen LogP contribution in [-0.2, 0) is 5.54 Å². The Morgan fingerprint density at radius 1 is 1.16 bits per heavy atom. The van der Waals surface area contributed by atoms with Crippen LogP contribution in [0.2, 0.25) is 0 Å². The summed E-state index contributed by atoms with van der Waals surface area (Å²) in [6, 6.07) is 3.37. The highest BCUT2D eigenvalue weighted by Crippen LogP contribution is 3.02. The highest BCUT2D eigenvalue weighted by atomic mass is 32.5. The monoisotopic (exact) mass is 478 g/mol. The molecule has 1 N–H and O–H groups in total. The Labute approximate surface area is 179 Å². The molecule has 0 radical (unpaired) electrons. The van der Waals surface area contributed by atoms with Gasteiger partial charge in [-0.25, -0.2) is 14.4 Å². The lowest BCUT2D eigenvalue weighted by atomic mass is 10.1. The lowest BCUT2D eigenvalue weighted by molar-refractivity contribution is 0.331. The van der Waals surface area contributed by atoms with E-state index in [-0.39, 0.29) is 22.7 Å². The zero-order valence-corrected chi connectivity index (χ0v) is 17.9.